The van der Waals surface area contributed by atoms with Gasteiger partial charge in [0, 0.05) is 22.5 Å². The highest BCUT2D eigenvalue weighted by Crippen LogP contribution is 2.36. The van der Waals surface area contributed by atoms with Crippen LogP contribution in [0.4, 0.5) is 11.4 Å². The van der Waals surface area contributed by atoms with Crippen LogP contribution in [0.5, 0.6) is 5.75 Å². The lowest BCUT2D eigenvalue weighted by atomic mass is 10.2. The van der Waals surface area contributed by atoms with Gasteiger partial charge >= 0.3 is 0 Å². The molecule has 2 heterocycles. The quantitative estimate of drug-likeness (QED) is 0.238. The number of ether oxygens (including phenoxy) is 1. The topological polar surface area (TPSA) is 102 Å². The van der Waals surface area contributed by atoms with Crippen LogP contribution < -0.4 is 20.9 Å². The number of aromatic nitrogens is 2. The summed E-state index contributed by atoms with van der Waals surface area (Å²) >= 11 is 8.82. The molecule has 5 rings (SSSR count). The number of hydrogen-bond donors (Lipinski definition) is 2. The Hall–Kier alpha value is -3.34. The van der Waals surface area contributed by atoms with Crippen molar-refractivity contribution in [3.05, 3.63) is 68.3 Å². The lowest BCUT2D eigenvalue weighted by Gasteiger charge is -2.14. The Bertz CT molecular complexity index is 1580. The van der Waals surface area contributed by atoms with E-state index in [1.165, 1.54) is 30.7 Å². The van der Waals surface area contributed by atoms with E-state index in [0.717, 1.165) is 24.8 Å². The highest BCUT2D eigenvalue weighted by Gasteiger charge is 2.24. The van der Waals surface area contributed by atoms with E-state index in [2.05, 4.69) is 10.6 Å². The Kier molecular flexibility index (Phi) is 7.23. The SMILES string of the molecule is COc1ccc(NC(C)=O)cc1NC(=O)CSc1nc2sc3c(c2c(=O)n1-c1ccc(Cl)cc1)CCC3. The van der Waals surface area contributed by atoms with Gasteiger partial charge in [-0.05, 0) is 67.3 Å². The molecular formula is C26H23ClN4O4S2. The smallest absolute Gasteiger partial charge is 0.267 e. The van der Waals surface area contributed by atoms with Crippen molar-refractivity contribution in [3.63, 3.8) is 0 Å². The van der Waals surface area contributed by atoms with Crippen LogP contribution in [-0.2, 0) is 22.4 Å². The first-order valence-corrected chi connectivity index (χ1v) is 13.7. The summed E-state index contributed by atoms with van der Waals surface area (Å²) < 4.78 is 6.90. The summed E-state index contributed by atoms with van der Waals surface area (Å²) in [6, 6.07) is 12.0. The molecule has 2 N–H and O–H groups in total. The van der Waals surface area contributed by atoms with Crippen molar-refractivity contribution < 1.29 is 14.3 Å². The number of carbonyl (C=O) groups is 2. The molecule has 0 spiro atoms. The number of methoxy groups -OCH3 is 1. The van der Waals surface area contributed by atoms with Gasteiger partial charge in [0.05, 0.1) is 29.6 Å². The van der Waals surface area contributed by atoms with Crippen LogP contribution >= 0.6 is 34.7 Å². The van der Waals surface area contributed by atoms with Gasteiger partial charge in [-0.25, -0.2) is 4.98 Å². The minimum atomic E-state index is -0.311. The number of halogens is 1. The maximum absolute atomic E-state index is 13.7. The molecule has 4 aromatic rings. The molecule has 2 aromatic heterocycles. The van der Waals surface area contributed by atoms with E-state index in [1.54, 1.807) is 58.4 Å². The summed E-state index contributed by atoms with van der Waals surface area (Å²) in [5.74, 6) is -0.0734. The van der Waals surface area contributed by atoms with Crippen molar-refractivity contribution in [1.29, 1.82) is 0 Å². The van der Waals surface area contributed by atoms with E-state index >= 15 is 0 Å². The highest BCUT2D eigenvalue weighted by molar-refractivity contribution is 7.99. The monoisotopic (exact) mass is 554 g/mol. The van der Waals surface area contributed by atoms with Crippen molar-refractivity contribution in [1.82, 2.24) is 9.55 Å². The molecule has 0 saturated heterocycles. The average molecular weight is 555 g/mol. The average Bonchev–Trinajstić information content (AvgIpc) is 3.44. The van der Waals surface area contributed by atoms with Gasteiger partial charge < -0.3 is 15.4 Å². The van der Waals surface area contributed by atoms with Gasteiger partial charge in [-0.2, -0.15) is 0 Å². The number of thiophene rings is 1. The summed E-state index contributed by atoms with van der Waals surface area (Å²) in [4.78, 5) is 44.8. The summed E-state index contributed by atoms with van der Waals surface area (Å²) in [6.45, 7) is 1.41. The predicted octanol–water partition coefficient (Wildman–Crippen LogP) is 5.29. The summed E-state index contributed by atoms with van der Waals surface area (Å²) in [5.41, 5.74) is 2.55. The number of rotatable bonds is 7. The van der Waals surface area contributed by atoms with Gasteiger partial charge in [0.1, 0.15) is 10.6 Å². The number of nitrogens with one attached hydrogen (secondary N) is 2. The molecule has 0 radical (unpaired) electrons. The third-order valence-electron chi connectivity index (χ3n) is 5.92. The third-order valence-corrected chi connectivity index (χ3v) is 8.30. The highest BCUT2D eigenvalue weighted by atomic mass is 35.5. The van der Waals surface area contributed by atoms with Crippen molar-refractivity contribution in [2.75, 3.05) is 23.5 Å². The van der Waals surface area contributed by atoms with Gasteiger partial charge in [0.25, 0.3) is 5.56 Å². The zero-order valence-electron chi connectivity index (χ0n) is 20.1. The number of hydrogen-bond acceptors (Lipinski definition) is 7. The first-order valence-electron chi connectivity index (χ1n) is 11.6. The van der Waals surface area contributed by atoms with Gasteiger partial charge in [0.2, 0.25) is 11.8 Å². The van der Waals surface area contributed by atoms with E-state index in [1.807, 2.05) is 0 Å². The Morgan fingerprint density at radius 2 is 1.95 bits per heavy atom. The molecule has 0 atom stereocenters. The molecule has 1 aliphatic rings. The third kappa shape index (κ3) is 5.22. The lowest BCUT2D eigenvalue weighted by molar-refractivity contribution is -0.114. The number of benzene rings is 2. The van der Waals surface area contributed by atoms with Gasteiger partial charge in [-0.15, -0.1) is 11.3 Å². The molecule has 0 aliphatic heterocycles. The Balaban J connectivity index is 1.45. The van der Waals surface area contributed by atoms with Crippen LogP contribution in [0.25, 0.3) is 15.9 Å². The summed E-state index contributed by atoms with van der Waals surface area (Å²) in [6.07, 6.45) is 2.88. The number of amides is 2. The van der Waals surface area contributed by atoms with Crippen molar-refractivity contribution >= 4 is 68.1 Å². The fourth-order valence-electron chi connectivity index (χ4n) is 4.34. The molecule has 11 heteroatoms. The second-order valence-corrected chi connectivity index (χ2v) is 10.9. The zero-order valence-corrected chi connectivity index (χ0v) is 22.5. The first kappa shape index (κ1) is 25.3. The fourth-order valence-corrected chi connectivity index (χ4v) is 6.58. The number of anilines is 2. The zero-order chi connectivity index (χ0) is 26.1. The van der Waals surface area contributed by atoms with E-state index in [9.17, 15) is 14.4 Å². The van der Waals surface area contributed by atoms with Crippen LogP contribution in [0.2, 0.25) is 5.02 Å². The van der Waals surface area contributed by atoms with E-state index in [-0.39, 0.29) is 23.1 Å². The van der Waals surface area contributed by atoms with Crippen molar-refractivity contribution in [2.24, 2.45) is 0 Å². The minimum absolute atomic E-state index is 0.00411. The van der Waals surface area contributed by atoms with Gasteiger partial charge in [-0.3, -0.25) is 19.0 Å². The normalized spacial score (nSPS) is 12.4. The van der Waals surface area contributed by atoms with Crippen LogP contribution in [-0.4, -0.2) is 34.2 Å². The van der Waals surface area contributed by atoms with E-state index < -0.39 is 0 Å². The van der Waals surface area contributed by atoms with E-state index in [4.69, 9.17) is 21.3 Å². The number of carbonyl (C=O) groups excluding carboxylic acids is 2. The molecule has 8 nitrogen and oxygen atoms in total. The lowest BCUT2D eigenvalue weighted by Crippen LogP contribution is -2.23. The largest absolute Gasteiger partial charge is 0.495 e. The number of aryl methyl sites for hydroxylation is 2. The summed E-state index contributed by atoms with van der Waals surface area (Å²) in [7, 11) is 1.50. The van der Waals surface area contributed by atoms with Crippen LogP contribution in [0, 0.1) is 0 Å². The molecule has 0 unspecified atom stereocenters. The summed E-state index contributed by atoms with van der Waals surface area (Å²) in [5, 5.41) is 7.17. The first-order chi connectivity index (χ1) is 17.8. The Morgan fingerprint density at radius 1 is 1.16 bits per heavy atom. The van der Waals surface area contributed by atoms with Crippen molar-refractivity contribution in [2.45, 2.75) is 31.3 Å². The second-order valence-electron chi connectivity index (χ2n) is 8.48. The van der Waals surface area contributed by atoms with Crippen LogP contribution in [0.3, 0.4) is 0 Å². The molecule has 0 fully saturated rings. The van der Waals surface area contributed by atoms with E-state index in [0.29, 0.717) is 43.2 Å². The number of fused-ring (bicyclic) bond motifs is 3. The number of thioether (sulfide) groups is 1. The maximum atomic E-state index is 13.7. The standard InChI is InChI=1S/C26H23ClN4O4S2/c1-14(32)28-16-8-11-20(35-2)19(12-16)29-22(33)13-36-26-30-24-23(18-4-3-5-21(18)37-24)25(34)31(26)17-9-6-15(27)7-10-17/h6-12H,3-5,13H2,1-2H3,(H,28,32)(H,29,33). The number of nitrogens with zero attached hydrogens (tertiary/aromatic N) is 2. The molecule has 190 valence electrons. The Morgan fingerprint density at radius 3 is 2.68 bits per heavy atom. The maximum Gasteiger partial charge on any atom is 0.267 e. The molecule has 0 saturated carbocycles. The Labute approximate surface area is 226 Å². The molecule has 2 amide bonds. The molecule has 2 aromatic carbocycles. The predicted molar refractivity (Wildman–Crippen MR) is 149 cm³/mol. The minimum Gasteiger partial charge on any atom is -0.495 e. The van der Waals surface area contributed by atoms with Crippen LogP contribution in [0.15, 0.2) is 52.4 Å². The van der Waals surface area contributed by atoms with Crippen molar-refractivity contribution in [3.8, 4) is 11.4 Å². The second kappa shape index (κ2) is 10.6. The molecule has 0 bridgehead atoms. The molecule has 37 heavy (non-hydrogen) atoms. The molecular weight excluding hydrogens is 532 g/mol. The van der Waals surface area contributed by atoms with Gasteiger partial charge in [0.15, 0.2) is 5.16 Å². The van der Waals surface area contributed by atoms with Crippen LogP contribution in [0.1, 0.15) is 23.8 Å². The molecule has 1 aliphatic carbocycles. The van der Waals surface area contributed by atoms with Gasteiger partial charge in [-0.1, -0.05) is 23.4 Å². The fraction of sp³-hybridized carbons (Fsp3) is 0.231.